The summed E-state index contributed by atoms with van der Waals surface area (Å²) in [6.07, 6.45) is 0.109. The van der Waals surface area contributed by atoms with E-state index in [1.807, 2.05) is 19.1 Å². The minimum absolute atomic E-state index is 0.0632. The largest absolute Gasteiger partial charge is 0.398 e. The van der Waals surface area contributed by atoms with E-state index in [2.05, 4.69) is 15.4 Å². The Bertz CT molecular complexity index is 1540. The lowest BCUT2D eigenvalue weighted by Crippen LogP contribution is -2.17. The molecule has 0 aliphatic rings. The van der Waals surface area contributed by atoms with Gasteiger partial charge < -0.3 is 16.4 Å². The van der Waals surface area contributed by atoms with Gasteiger partial charge in [-0.1, -0.05) is 42.5 Å². The van der Waals surface area contributed by atoms with Crippen molar-refractivity contribution in [2.24, 2.45) is 0 Å². The van der Waals surface area contributed by atoms with Crippen LogP contribution in [0.1, 0.15) is 21.5 Å². The first kappa shape index (κ1) is 25.5. The first-order chi connectivity index (χ1) is 17.7. The van der Waals surface area contributed by atoms with Gasteiger partial charge in [-0.25, -0.2) is 8.42 Å². The van der Waals surface area contributed by atoms with Crippen LogP contribution in [0.4, 0.5) is 22.7 Å². The quantitative estimate of drug-likeness (QED) is 0.251. The zero-order valence-electron chi connectivity index (χ0n) is 20.1. The van der Waals surface area contributed by atoms with Crippen molar-refractivity contribution in [1.82, 2.24) is 0 Å². The van der Waals surface area contributed by atoms with Crippen LogP contribution >= 0.6 is 0 Å². The summed E-state index contributed by atoms with van der Waals surface area (Å²) in [6.45, 7) is 1.88. The fourth-order valence-corrected chi connectivity index (χ4v) is 4.71. The molecular formula is C28H26N4O4S. The number of nitrogens with two attached hydrogens (primary N) is 1. The molecule has 0 atom stereocenters. The van der Waals surface area contributed by atoms with Crippen LogP contribution in [0.2, 0.25) is 0 Å². The van der Waals surface area contributed by atoms with E-state index in [-0.39, 0.29) is 17.2 Å². The maximum atomic E-state index is 12.8. The van der Waals surface area contributed by atoms with Crippen molar-refractivity contribution in [2.75, 3.05) is 21.1 Å². The number of nitrogen functional groups attached to an aromatic ring is 1. The summed E-state index contributed by atoms with van der Waals surface area (Å²) in [5.41, 5.74) is 9.96. The first-order valence-corrected chi connectivity index (χ1v) is 12.9. The molecule has 0 aliphatic carbocycles. The van der Waals surface area contributed by atoms with E-state index in [4.69, 9.17) is 5.73 Å². The maximum absolute atomic E-state index is 12.8. The van der Waals surface area contributed by atoms with Gasteiger partial charge in [-0.05, 0) is 72.6 Å². The predicted octanol–water partition coefficient (Wildman–Crippen LogP) is 4.81. The Morgan fingerprint density at radius 2 is 1.43 bits per heavy atom. The fourth-order valence-electron chi connectivity index (χ4n) is 3.65. The second-order valence-corrected chi connectivity index (χ2v) is 10.1. The van der Waals surface area contributed by atoms with Crippen LogP contribution in [0.3, 0.4) is 0 Å². The summed E-state index contributed by atoms with van der Waals surface area (Å²) >= 11 is 0. The van der Waals surface area contributed by atoms with Gasteiger partial charge in [-0.15, -0.1) is 0 Å². The van der Waals surface area contributed by atoms with Crippen molar-refractivity contribution in [3.05, 3.63) is 114 Å². The van der Waals surface area contributed by atoms with E-state index < -0.39 is 15.9 Å². The number of nitrogens with one attached hydrogen (secondary N) is 3. The first-order valence-electron chi connectivity index (χ1n) is 11.4. The molecule has 9 heteroatoms. The Hall–Kier alpha value is -4.63. The minimum Gasteiger partial charge on any atom is -0.398 e. The highest BCUT2D eigenvalue weighted by molar-refractivity contribution is 7.92. The van der Waals surface area contributed by atoms with Gasteiger partial charge in [0.15, 0.2) is 0 Å². The number of rotatable bonds is 8. The predicted molar refractivity (Wildman–Crippen MR) is 146 cm³/mol. The number of sulfonamides is 1. The molecule has 4 rings (SSSR count). The van der Waals surface area contributed by atoms with E-state index >= 15 is 0 Å². The van der Waals surface area contributed by atoms with E-state index in [9.17, 15) is 18.0 Å². The third-order valence-corrected chi connectivity index (χ3v) is 7.02. The average molecular weight is 515 g/mol. The molecule has 0 unspecified atom stereocenters. The SMILES string of the molecule is Cc1cccc(CC(=O)Nc2cccc(C(=O)Nc3ccc(S(=O)(=O)Nc4ccccc4)cc3)c2)c1N. The molecule has 4 aromatic rings. The van der Waals surface area contributed by atoms with Crippen LogP contribution in [-0.4, -0.2) is 20.2 Å². The number of aryl methyl sites for hydroxylation is 1. The highest BCUT2D eigenvalue weighted by atomic mass is 32.2. The number of hydrogen-bond donors (Lipinski definition) is 4. The van der Waals surface area contributed by atoms with Crippen molar-refractivity contribution in [1.29, 1.82) is 0 Å². The molecule has 0 heterocycles. The molecular weight excluding hydrogens is 488 g/mol. The van der Waals surface area contributed by atoms with E-state index in [1.165, 1.54) is 24.3 Å². The van der Waals surface area contributed by atoms with Gasteiger partial charge in [0.1, 0.15) is 0 Å². The van der Waals surface area contributed by atoms with Gasteiger partial charge in [0.25, 0.3) is 15.9 Å². The van der Waals surface area contributed by atoms with Crippen molar-refractivity contribution in [3.63, 3.8) is 0 Å². The second kappa shape index (κ2) is 11.0. The zero-order chi connectivity index (χ0) is 26.4. The normalized spacial score (nSPS) is 10.9. The molecule has 188 valence electrons. The zero-order valence-corrected chi connectivity index (χ0v) is 20.9. The van der Waals surface area contributed by atoms with Crippen LogP contribution in [0.25, 0.3) is 0 Å². The Labute approximate surface area is 215 Å². The van der Waals surface area contributed by atoms with Crippen molar-refractivity contribution >= 4 is 44.6 Å². The smallest absolute Gasteiger partial charge is 0.261 e. The van der Waals surface area contributed by atoms with Gasteiger partial charge in [-0.3, -0.25) is 14.3 Å². The van der Waals surface area contributed by atoms with Gasteiger partial charge in [0.05, 0.1) is 11.3 Å². The lowest BCUT2D eigenvalue weighted by molar-refractivity contribution is -0.115. The Morgan fingerprint density at radius 1 is 0.757 bits per heavy atom. The van der Waals surface area contributed by atoms with Crippen molar-refractivity contribution in [3.8, 4) is 0 Å². The summed E-state index contributed by atoms with van der Waals surface area (Å²) in [4.78, 5) is 25.4. The molecule has 0 aromatic heterocycles. The number of anilines is 4. The summed E-state index contributed by atoms with van der Waals surface area (Å²) in [6, 6.07) is 26.5. The van der Waals surface area contributed by atoms with E-state index in [1.54, 1.807) is 60.7 Å². The molecule has 2 amide bonds. The number of carbonyl (C=O) groups excluding carboxylic acids is 2. The number of para-hydroxylation sites is 2. The summed E-state index contributed by atoms with van der Waals surface area (Å²) in [5, 5.41) is 5.53. The van der Waals surface area contributed by atoms with E-state index in [0.717, 1.165) is 11.1 Å². The molecule has 0 aliphatic heterocycles. The number of amides is 2. The monoisotopic (exact) mass is 514 g/mol. The Kier molecular flexibility index (Phi) is 7.55. The fraction of sp³-hybridized carbons (Fsp3) is 0.0714. The molecule has 0 radical (unpaired) electrons. The molecule has 4 aromatic carbocycles. The number of benzene rings is 4. The maximum Gasteiger partial charge on any atom is 0.261 e. The third kappa shape index (κ3) is 6.53. The second-order valence-electron chi connectivity index (χ2n) is 8.40. The number of hydrogen-bond acceptors (Lipinski definition) is 5. The highest BCUT2D eigenvalue weighted by Crippen LogP contribution is 2.20. The molecule has 0 fully saturated rings. The van der Waals surface area contributed by atoms with E-state index in [0.29, 0.717) is 28.3 Å². The average Bonchev–Trinajstić information content (AvgIpc) is 2.87. The molecule has 37 heavy (non-hydrogen) atoms. The highest BCUT2D eigenvalue weighted by Gasteiger charge is 2.15. The standard InChI is InChI=1S/C28H26N4O4S/c1-19-7-5-8-20(27(19)29)18-26(33)30-24-12-6-9-21(17-24)28(34)31-22-13-15-25(16-14-22)37(35,36)32-23-10-3-2-4-11-23/h2-17,32H,18,29H2,1H3,(H,30,33)(H,31,34). The lowest BCUT2D eigenvalue weighted by Gasteiger charge is -2.11. The summed E-state index contributed by atoms with van der Waals surface area (Å²) in [5.74, 6) is -0.659. The molecule has 0 spiro atoms. The van der Waals surface area contributed by atoms with Crippen LogP contribution in [0, 0.1) is 6.92 Å². The van der Waals surface area contributed by atoms with Gasteiger partial charge in [0.2, 0.25) is 5.91 Å². The molecule has 8 nitrogen and oxygen atoms in total. The Balaban J connectivity index is 1.39. The Morgan fingerprint density at radius 3 is 2.16 bits per heavy atom. The van der Waals surface area contributed by atoms with Gasteiger partial charge in [-0.2, -0.15) is 0 Å². The minimum atomic E-state index is -3.77. The molecule has 0 bridgehead atoms. The van der Waals surface area contributed by atoms with Crippen molar-refractivity contribution in [2.45, 2.75) is 18.2 Å². The molecule has 0 saturated heterocycles. The van der Waals surface area contributed by atoms with Crippen LogP contribution < -0.4 is 21.1 Å². The van der Waals surface area contributed by atoms with Crippen LogP contribution in [-0.2, 0) is 21.2 Å². The lowest BCUT2D eigenvalue weighted by atomic mass is 10.1. The van der Waals surface area contributed by atoms with Gasteiger partial charge >= 0.3 is 0 Å². The van der Waals surface area contributed by atoms with Crippen LogP contribution in [0.15, 0.2) is 102 Å². The third-order valence-electron chi connectivity index (χ3n) is 5.62. The van der Waals surface area contributed by atoms with Crippen molar-refractivity contribution < 1.29 is 18.0 Å². The molecule has 0 saturated carbocycles. The van der Waals surface area contributed by atoms with Gasteiger partial charge in [0, 0.05) is 28.3 Å². The van der Waals surface area contributed by atoms with Crippen LogP contribution in [0.5, 0.6) is 0 Å². The summed E-state index contributed by atoms with van der Waals surface area (Å²) in [7, 11) is -3.77. The topological polar surface area (TPSA) is 130 Å². The summed E-state index contributed by atoms with van der Waals surface area (Å²) < 4.78 is 27.7. The number of carbonyl (C=O) groups is 2. The molecule has 5 N–H and O–H groups in total.